The van der Waals surface area contributed by atoms with Crippen molar-refractivity contribution in [2.45, 2.75) is 40.3 Å². The lowest BCUT2D eigenvalue weighted by Crippen LogP contribution is -2.10. The SMILES string of the molecule is CCn1ccnc1C(O)c1cc(C)c(C)cc1C. The molecule has 1 atom stereocenters. The van der Waals surface area contributed by atoms with Crippen LogP contribution in [0, 0.1) is 20.8 Å². The molecule has 0 bridgehead atoms. The van der Waals surface area contributed by atoms with Crippen LogP contribution in [0.25, 0.3) is 0 Å². The summed E-state index contributed by atoms with van der Waals surface area (Å²) in [4.78, 5) is 4.27. The summed E-state index contributed by atoms with van der Waals surface area (Å²) in [5, 5.41) is 10.5. The molecule has 2 aromatic rings. The van der Waals surface area contributed by atoms with Crippen molar-refractivity contribution in [1.82, 2.24) is 9.55 Å². The lowest BCUT2D eigenvalue weighted by atomic mass is 9.97. The van der Waals surface area contributed by atoms with Crippen molar-refractivity contribution in [2.75, 3.05) is 0 Å². The van der Waals surface area contributed by atoms with Crippen molar-refractivity contribution in [3.05, 3.63) is 52.6 Å². The number of hydrogen-bond acceptors (Lipinski definition) is 2. The Labute approximate surface area is 108 Å². The molecule has 3 heteroatoms. The summed E-state index contributed by atoms with van der Waals surface area (Å²) in [5.41, 5.74) is 4.50. The average Bonchev–Trinajstić information content (AvgIpc) is 2.81. The molecule has 0 amide bonds. The quantitative estimate of drug-likeness (QED) is 0.901. The van der Waals surface area contributed by atoms with E-state index in [2.05, 4.69) is 31.0 Å². The van der Waals surface area contributed by atoms with E-state index >= 15 is 0 Å². The van der Waals surface area contributed by atoms with Crippen LogP contribution in [0.1, 0.15) is 41.1 Å². The first-order valence-electron chi connectivity index (χ1n) is 6.31. The highest BCUT2D eigenvalue weighted by atomic mass is 16.3. The summed E-state index contributed by atoms with van der Waals surface area (Å²) in [7, 11) is 0. The fourth-order valence-electron chi connectivity index (χ4n) is 2.25. The van der Waals surface area contributed by atoms with Gasteiger partial charge in [0, 0.05) is 18.9 Å². The van der Waals surface area contributed by atoms with Crippen molar-refractivity contribution in [3.8, 4) is 0 Å². The second-order valence-electron chi connectivity index (χ2n) is 4.77. The topological polar surface area (TPSA) is 38.0 Å². The van der Waals surface area contributed by atoms with Crippen molar-refractivity contribution >= 4 is 0 Å². The first-order valence-corrected chi connectivity index (χ1v) is 6.31. The standard InChI is InChI=1S/C15H20N2O/c1-5-17-7-6-16-15(17)14(18)13-9-11(3)10(2)8-12(13)4/h6-9,14,18H,5H2,1-4H3. The molecule has 1 heterocycles. The van der Waals surface area contributed by atoms with Crippen molar-refractivity contribution in [3.63, 3.8) is 0 Å². The third-order valence-electron chi connectivity index (χ3n) is 3.51. The van der Waals surface area contributed by atoms with Gasteiger partial charge in [0.05, 0.1) is 0 Å². The highest BCUT2D eigenvalue weighted by Crippen LogP contribution is 2.26. The smallest absolute Gasteiger partial charge is 0.142 e. The minimum atomic E-state index is -0.653. The number of hydrogen-bond donors (Lipinski definition) is 1. The molecule has 2 rings (SSSR count). The normalized spacial score (nSPS) is 12.7. The van der Waals surface area contributed by atoms with E-state index in [0.717, 1.165) is 17.7 Å². The Bertz CT molecular complexity index is 558. The predicted octanol–water partition coefficient (Wildman–Crippen LogP) is 2.91. The van der Waals surface area contributed by atoms with Gasteiger partial charge in [-0.15, -0.1) is 0 Å². The number of rotatable bonds is 3. The number of imidazole rings is 1. The summed E-state index contributed by atoms with van der Waals surface area (Å²) in [5.74, 6) is 0.712. The first kappa shape index (κ1) is 12.8. The minimum absolute atomic E-state index is 0.653. The Morgan fingerprint density at radius 1 is 1.17 bits per heavy atom. The van der Waals surface area contributed by atoms with E-state index in [1.54, 1.807) is 6.20 Å². The number of aromatic nitrogens is 2. The predicted molar refractivity (Wildman–Crippen MR) is 72.6 cm³/mol. The molecule has 1 unspecified atom stereocenters. The Morgan fingerprint density at radius 3 is 2.50 bits per heavy atom. The minimum Gasteiger partial charge on any atom is -0.380 e. The van der Waals surface area contributed by atoms with Crippen LogP contribution >= 0.6 is 0 Å². The van der Waals surface area contributed by atoms with Crippen LogP contribution in [0.2, 0.25) is 0 Å². The molecule has 18 heavy (non-hydrogen) atoms. The monoisotopic (exact) mass is 244 g/mol. The van der Waals surface area contributed by atoms with Gasteiger partial charge in [-0.2, -0.15) is 0 Å². The van der Waals surface area contributed by atoms with Crippen LogP contribution in [-0.4, -0.2) is 14.7 Å². The molecule has 0 saturated carbocycles. The average molecular weight is 244 g/mol. The number of nitrogens with zero attached hydrogens (tertiary/aromatic N) is 2. The van der Waals surface area contributed by atoms with Crippen molar-refractivity contribution in [1.29, 1.82) is 0 Å². The lowest BCUT2D eigenvalue weighted by Gasteiger charge is -2.16. The Morgan fingerprint density at radius 2 is 1.83 bits per heavy atom. The summed E-state index contributed by atoms with van der Waals surface area (Å²) in [6.07, 6.45) is 2.98. The zero-order valence-electron chi connectivity index (χ0n) is 11.4. The van der Waals surface area contributed by atoms with Gasteiger partial charge in [-0.25, -0.2) is 4.98 Å². The molecule has 0 saturated heterocycles. The molecule has 0 aliphatic rings. The maximum absolute atomic E-state index is 10.5. The molecule has 0 fully saturated rings. The number of aryl methyl sites for hydroxylation is 4. The summed E-state index contributed by atoms with van der Waals surface area (Å²) in [6.45, 7) is 9.05. The molecule has 1 N–H and O–H groups in total. The van der Waals surface area contributed by atoms with E-state index < -0.39 is 6.10 Å². The van der Waals surface area contributed by atoms with Gasteiger partial charge < -0.3 is 9.67 Å². The second kappa shape index (κ2) is 4.94. The number of aliphatic hydroxyl groups excluding tert-OH is 1. The second-order valence-corrected chi connectivity index (χ2v) is 4.77. The van der Waals surface area contributed by atoms with Crippen LogP contribution in [0.5, 0.6) is 0 Å². The molecule has 1 aromatic heterocycles. The van der Waals surface area contributed by atoms with Crippen LogP contribution in [-0.2, 0) is 6.54 Å². The zero-order chi connectivity index (χ0) is 13.3. The Hall–Kier alpha value is -1.61. The maximum atomic E-state index is 10.5. The largest absolute Gasteiger partial charge is 0.380 e. The van der Waals surface area contributed by atoms with Gasteiger partial charge in [-0.05, 0) is 49.9 Å². The fraction of sp³-hybridized carbons (Fsp3) is 0.400. The van der Waals surface area contributed by atoms with Crippen LogP contribution in [0.3, 0.4) is 0 Å². The van der Waals surface area contributed by atoms with E-state index in [1.807, 2.05) is 24.6 Å². The van der Waals surface area contributed by atoms with Gasteiger partial charge in [-0.1, -0.05) is 12.1 Å². The molecule has 96 valence electrons. The molecule has 0 aliphatic carbocycles. The van der Waals surface area contributed by atoms with Crippen LogP contribution in [0.15, 0.2) is 24.5 Å². The van der Waals surface area contributed by atoms with E-state index in [4.69, 9.17) is 0 Å². The van der Waals surface area contributed by atoms with Gasteiger partial charge in [0.15, 0.2) is 0 Å². The lowest BCUT2D eigenvalue weighted by molar-refractivity contribution is 0.204. The molecular formula is C15H20N2O. The summed E-state index contributed by atoms with van der Waals surface area (Å²) in [6, 6.07) is 4.18. The molecule has 3 nitrogen and oxygen atoms in total. The van der Waals surface area contributed by atoms with Gasteiger partial charge in [0.25, 0.3) is 0 Å². The summed E-state index contributed by atoms with van der Waals surface area (Å²) < 4.78 is 1.97. The van der Waals surface area contributed by atoms with E-state index in [1.165, 1.54) is 11.1 Å². The van der Waals surface area contributed by atoms with Gasteiger partial charge in [0.1, 0.15) is 11.9 Å². The van der Waals surface area contributed by atoms with Crippen LogP contribution in [0.4, 0.5) is 0 Å². The maximum Gasteiger partial charge on any atom is 0.142 e. The van der Waals surface area contributed by atoms with Gasteiger partial charge in [0.2, 0.25) is 0 Å². The summed E-state index contributed by atoms with van der Waals surface area (Å²) >= 11 is 0. The number of benzene rings is 1. The highest BCUT2D eigenvalue weighted by Gasteiger charge is 2.18. The number of aliphatic hydroxyl groups is 1. The Balaban J connectivity index is 2.46. The fourth-order valence-corrected chi connectivity index (χ4v) is 2.25. The third kappa shape index (κ3) is 2.18. The first-order chi connectivity index (χ1) is 8.54. The van der Waals surface area contributed by atoms with Crippen molar-refractivity contribution in [2.24, 2.45) is 0 Å². The van der Waals surface area contributed by atoms with Gasteiger partial charge in [-0.3, -0.25) is 0 Å². The van der Waals surface area contributed by atoms with Crippen LogP contribution < -0.4 is 0 Å². The molecule has 0 spiro atoms. The van der Waals surface area contributed by atoms with E-state index in [-0.39, 0.29) is 0 Å². The van der Waals surface area contributed by atoms with E-state index in [0.29, 0.717) is 5.82 Å². The Kier molecular flexibility index (Phi) is 3.53. The van der Waals surface area contributed by atoms with E-state index in [9.17, 15) is 5.11 Å². The van der Waals surface area contributed by atoms with Crippen molar-refractivity contribution < 1.29 is 5.11 Å². The molecular weight excluding hydrogens is 224 g/mol. The zero-order valence-corrected chi connectivity index (χ0v) is 11.4. The molecule has 0 aliphatic heterocycles. The molecule has 0 radical (unpaired) electrons. The molecule has 1 aromatic carbocycles. The van der Waals surface area contributed by atoms with Gasteiger partial charge >= 0.3 is 0 Å². The highest BCUT2D eigenvalue weighted by molar-refractivity contribution is 5.39. The third-order valence-corrected chi connectivity index (χ3v) is 3.51.